The third-order valence-corrected chi connectivity index (χ3v) is 4.48. The molecular formula is C15H20N4O5. The van der Waals surface area contributed by atoms with Crippen LogP contribution in [0.5, 0.6) is 5.88 Å². The molecule has 2 heterocycles. The van der Waals surface area contributed by atoms with Crippen LogP contribution < -0.4 is 15.5 Å². The average molecular weight is 336 g/mol. The Balaban J connectivity index is 1.57. The molecule has 3 rings (SSSR count). The van der Waals surface area contributed by atoms with Crippen LogP contribution in [-0.4, -0.2) is 40.2 Å². The van der Waals surface area contributed by atoms with Crippen molar-refractivity contribution in [1.82, 2.24) is 20.9 Å². The van der Waals surface area contributed by atoms with Gasteiger partial charge >= 0.3 is 6.03 Å². The lowest BCUT2D eigenvalue weighted by molar-refractivity contribution is -0.140. The quantitative estimate of drug-likeness (QED) is 0.790. The molecule has 2 aliphatic rings. The van der Waals surface area contributed by atoms with Crippen molar-refractivity contribution in [2.75, 3.05) is 6.61 Å². The van der Waals surface area contributed by atoms with Crippen LogP contribution in [-0.2, 0) is 9.59 Å². The molecule has 1 aliphatic carbocycles. The Bertz CT molecular complexity index is 663. The third-order valence-electron chi connectivity index (χ3n) is 4.48. The van der Waals surface area contributed by atoms with E-state index in [0.717, 1.165) is 17.9 Å². The number of rotatable bonds is 4. The number of hydrogen-bond acceptors (Lipinski definition) is 6. The van der Waals surface area contributed by atoms with Crippen LogP contribution in [0.2, 0.25) is 0 Å². The minimum absolute atomic E-state index is 0.164. The maximum absolute atomic E-state index is 12.6. The molecule has 1 aromatic heterocycles. The lowest BCUT2D eigenvalue weighted by Gasteiger charge is -2.33. The van der Waals surface area contributed by atoms with Gasteiger partial charge in [-0.25, -0.2) is 4.79 Å². The predicted molar refractivity (Wildman–Crippen MR) is 80.6 cm³/mol. The van der Waals surface area contributed by atoms with E-state index in [4.69, 9.17) is 9.26 Å². The summed E-state index contributed by atoms with van der Waals surface area (Å²) in [4.78, 5) is 36.6. The predicted octanol–water partition coefficient (Wildman–Crippen LogP) is 0.894. The first-order valence-electron chi connectivity index (χ1n) is 7.92. The summed E-state index contributed by atoms with van der Waals surface area (Å²) in [6, 6.07) is 0.916. The SMILES string of the molecule is Cc1cc(OCC(=O)NN2C(=O)NC3(CCC(C)CC3)C2=O)no1. The number of nitrogens with one attached hydrogen (secondary N) is 2. The molecule has 9 nitrogen and oxygen atoms in total. The number of hydrogen-bond donors (Lipinski definition) is 2. The van der Waals surface area contributed by atoms with Crippen molar-refractivity contribution in [3.8, 4) is 5.88 Å². The van der Waals surface area contributed by atoms with Crippen molar-refractivity contribution in [3.05, 3.63) is 11.8 Å². The smallest absolute Gasteiger partial charge is 0.344 e. The average Bonchev–Trinajstić information content (AvgIpc) is 3.06. The summed E-state index contributed by atoms with van der Waals surface area (Å²) >= 11 is 0. The fourth-order valence-corrected chi connectivity index (χ4v) is 3.02. The highest BCUT2D eigenvalue weighted by Crippen LogP contribution is 2.35. The summed E-state index contributed by atoms with van der Waals surface area (Å²) in [5.74, 6) is 0.208. The highest BCUT2D eigenvalue weighted by molar-refractivity contribution is 6.08. The minimum Gasteiger partial charge on any atom is -0.465 e. The molecule has 130 valence electrons. The first-order chi connectivity index (χ1) is 11.4. The third kappa shape index (κ3) is 3.06. The Morgan fingerprint density at radius 2 is 2.21 bits per heavy atom. The summed E-state index contributed by atoms with van der Waals surface area (Å²) in [6.45, 7) is 3.43. The Kier molecular flexibility index (Phi) is 4.16. The molecule has 24 heavy (non-hydrogen) atoms. The molecule has 2 N–H and O–H groups in total. The fourth-order valence-electron chi connectivity index (χ4n) is 3.02. The van der Waals surface area contributed by atoms with Gasteiger partial charge in [0, 0.05) is 6.07 Å². The Morgan fingerprint density at radius 3 is 2.83 bits per heavy atom. The number of ether oxygens (including phenoxy) is 1. The molecule has 0 aromatic carbocycles. The number of nitrogens with zero attached hydrogens (tertiary/aromatic N) is 2. The van der Waals surface area contributed by atoms with Crippen molar-refractivity contribution < 1.29 is 23.6 Å². The van der Waals surface area contributed by atoms with Crippen LogP contribution >= 0.6 is 0 Å². The van der Waals surface area contributed by atoms with Crippen LogP contribution in [0.1, 0.15) is 38.4 Å². The van der Waals surface area contributed by atoms with Gasteiger partial charge in [0.1, 0.15) is 11.3 Å². The van der Waals surface area contributed by atoms with Gasteiger partial charge in [-0.1, -0.05) is 6.92 Å². The highest BCUT2D eigenvalue weighted by Gasteiger charge is 2.52. The van der Waals surface area contributed by atoms with Crippen molar-refractivity contribution in [1.29, 1.82) is 0 Å². The van der Waals surface area contributed by atoms with E-state index >= 15 is 0 Å². The van der Waals surface area contributed by atoms with Crippen molar-refractivity contribution in [3.63, 3.8) is 0 Å². The van der Waals surface area contributed by atoms with Gasteiger partial charge in [0.15, 0.2) is 6.61 Å². The Hall–Kier alpha value is -2.58. The summed E-state index contributed by atoms with van der Waals surface area (Å²) in [6.07, 6.45) is 2.89. The van der Waals surface area contributed by atoms with E-state index in [0.29, 0.717) is 24.5 Å². The number of aromatic nitrogens is 1. The number of carbonyl (C=O) groups excluding carboxylic acids is 3. The van der Waals surface area contributed by atoms with E-state index in [1.165, 1.54) is 6.07 Å². The van der Waals surface area contributed by atoms with E-state index in [9.17, 15) is 14.4 Å². The first-order valence-corrected chi connectivity index (χ1v) is 7.92. The molecule has 2 fully saturated rings. The fraction of sp³-hybridized carbons (Fsp3) is 0.600. The first kappa shape index (κ1) is 16.3. The zero-order chi connectivity index (χ0) is 17.3. The molecule has 0 unspecified atom stereocenters. The van der Waals surface area contributed by atoms with Gasteiger partial charge in [-0.05, 0) is 43.7 Å². The van der Waals surface area contributed by atoms with Crippen molar-refractivity contribution >= 4 is 17.8 Å². The van der Waals surface area contributed by atoms with Gasteiger partial charge in [0.05, 0.1) is 0 Å². The van der Waals surface area contributed by atoms with Crippen LogP contribution in [0.4, 0.5) is 4.79 Å². The Labute approximate surface area is 138 Å². The summed E-state index contributed by atoms with van der Waals surface area (Å²) < 4.78 is 9.95. The molecule has 1 saturated heterocycles. The molecule has 9 heteroatoms. The van der Waals surface area contributed by atoms with Crippen LogP contribution in [0.3, 0.4) is 0 Å². The maximum Gasteiger partial charge on any atom is 0.344 e. The summed E-state index contributed by atoms with van der Waals surface area (Å²) in [7, 11) is 0. The van der Waals surface area contributed by atoms with Crippen LogP contribution in [0, 0.1) is 12.8 Å². The molecule has 0 radical (unpaired) electrons. The number of urea groups is 1. The second-order valence-corrected chi connectivity index (χ2v) is 6.43. The lowest BCUT2D eigenvalue weighted by atomic mass is 9.77. The van der Waals surface area contributed by atoms with E-state index in [1.54, 1.807) is 6.92 Å². The largest absolute Gasteiger partial charge is 0.465 e. The highest BCUT2D eigenvalue weighted by atomic mass is 16.5. The number of imide groups is 1. The van der Waals surface area contributed by atoms with Gasteiger partial charge in [-0.3, -0.25) is 15.0 Å². The molecule has 1 spiro atoms. The van der Waals surface area contributed by atoms with Gasteiger partial charge < -0.3 is 14.6 Å². The number of hydrazine groups is 1. The second kappa shape index (κ2) is 6.14. The number of amides is 4. The van der Waals surface area contributed by atoms with Gasteiger partial charge in [-0.2, -0.15) is 5.01 Å². The molecule has 1 saturated carbocycles. The number of aryl methyl sites for hydroxylation is 1. The van der Waals surface area contributed by atoms with Crippen LogP contribution in [0.15, 0.2) is 10.6 Å². The van der Waals surface area contributed by atoms with E-state index in [1.807, 2.05) is 0 Å². The summed E-state index contributed by atoms with van der Waals surface area (Å²) in [5.41, 5.74) is 1.40. The van der Waals surface area contributed by atoms with Gasteiger partial charge in [0.2, 0.25) is 0 Å². The summed E-state index contributed by atoms with van der Waals surface area (Å²) in [5, 5.41) is 7.06. The van der Waals surface area contributed by atoms with Crippen molar-refractivity contribution in [2.24, 2.45) is 5.92 Å². The molecule has 4 amide bonds. The van der Waals surface area contributed by atoms with Crippen molar-refractivity contribution in [2.45, 2.75) is 45.1 Å². The number of carbonyl (C=O) groups is 3. The van der Waals surface area contributed by atoms with E-state index in [2.05, 4.69) is 22.8 Å². The normalized spacial score (nSPS) is 26.6. The lowest BCUT2D eigenvalue weighted by Crippen LogP contribution is -2.52. The molecule has 0 bridgehead atoms. The molecule has 1 aromatic rings. The Morgan fingerprint density at radius 1 is 1.50 bits per heavy atom. The van der Waals surface area contributed by atoms with E-state index in [-0.39, 0.29) is 12.5 Å². The minimum atomic E-state index is -0.888. The zero-order valence-corrected chi connectivity index (χ0v) is 13.6. The second-order valence-electron chi connectivity index (χ2n) is 6.43. The zero-order valence-electron chi connectivity index (χ0n) is 13.6. The topological polar surface area (TPSA) is 114 Å². The van der Waals surface area contributed by atoms with Crippen LogP contribution in [0.25, 0.3) is 0 Å². The van der Waals surface area contributed by atoms with Gasteiger partial charge in [-0.15, -0.1) is 0 Å². The van der Waals surface area contributed by atoms with Gasteiger partial charge in [0.25, 0.3) is 17.7 Å². The molecule has 0 atom stereocenters. The monoisotopic (exact) mass is 336 g/mol. The molecular weight excluding hydrogens is 316 g/mol. The van der Waals surface area contributed by atoms with E-state index < -0.39 is 23.4 Å². The molecule has 1 aliphatic heterocycles. The maximum atomic E-state index is 12.6. The standard InChI is InChI=1S/C15H20N4O5/c1-9-3-5-15(6-4-9)13(21)19(14(22)16-15)17-11(20)8-23-12-7-10(2)24-18-12/h7,9H,3-6,8H2,1-2H3,(H,16,22)(H,17,20).